The first-order valence-electron chi connectivity index (χ1n) is 9.54. The zero-order valence-electron chi connectivity index (χ0n) is 16.1. The predicted octanol–water partition coefficient (Wildman–Crippen LogP) is 1.23. The Morgan fingerprint density at radius 2 is 1.42 bits per heavy atom. The summed E-state index contributed by atoms with van der Waals surface area (Å²) < 4.78 is 32.3. The standard InChI is InChI=1S/C20H24O6/c21-17-16(13-24-11-14-7-3-1-4-8-14)26-20(23)18(22)19(17)25-12-15-9-5-2-6-10-15/h1-10,16-23H,11-13H2/t16-,17-,18+,19+,20?/m1/s1/i11D,12D/t11?,12?,16-,17-,18+,19+,20?. The van der Waals surface area contributed by atoms with Crippen LogP contribution in [0, 0.1) is 0 Å². The third kappa shape index (κ3) is 4.88. The van der Waals surface area contributed by atoms with E-state index < -0.39 is 43.9 Å². The molecular weight excluding hydrogens is 336 g/mol. The SMILES string of the molecule is [2H]C(OC[C@H]1OC(O)[C@@H](O)[C@@H](OC([2H])c2ccccc2)[C@@H]1O)c1ccccc1. The van der Waals surface area contributed by atoms with Crippen LogP contribution in [0.25, 0.3) is 0 Å². The molecule has 0 radical (unpaired) electrons. The van der Waals surface area contributed by atoms with Crippen molar-refractivity contribution in [3.63, 3.8) is 0 Å². The second-order valence-electron chi connectivity index (χ2n) is 6.04. The van der Waals surface area contributed by atoms with Crippen LogP contribution in [-0.4, -0.2) is 52.6 Å². The zero-order valence-corrected chi connectivity index (χ0v) is 14.1. The van der Waals surface area contributed by atoms with E-state index in [0.717, 1.165) is 0 Å². The molecule has 1 aliphatic rings. The molecule has 0 saturated carbocycles. The van der Waals surface area contributed by atoms with E-state index in [1.54, 1.807) is 54.6 Å². The number of aliphatic hydroxyl groups is 3. The molecule has 1 heterocycles. The van der Waals surface area contributed by atoms with Crippen molar-refractivity contribution >= 4 is 0 Å². The van der Waals surface area contributed by atoms with Crippen LogP contribution >= 0.6 is 0 Å². The first-order chi connectivity index (χ1) is 13.5. The number of hydrogen-bond acceptors (Lipinski definition) is 6. The Balaban J connectivity index is 1.63. The summed E-state index contributed by atoms with van der Waals surface area (Å²) in [4.78, 5) is 0. The van der Waals surface area contributed by atoms with Crippen LogP contribution in [0.5, 0.6) is 0 Å². The second-order valence-corrected chi connectivity index (χ2v) is 6.04. The van der Waals surface area contributed by atoms with Crippen molar-refractivity contribution in [2.24, 2.45) is 0 Å². The van der Waals surface area contributed by atoms with Crippen molar-refractivity contribution in [3.8, 4) is 0 Å². The van der Waals surface area contributed by atoms with Crippen LogP contribution in [0.1, 0.15) is 13.9 Å². The van der Waals surface area contributed by atoms with Crippen molar-refractivity contribution in [1.29, 1.82) is 0 Å². The highest BCUT2D eigenvalue weighted by atomic mass is 16.7. The van der Waals surface area contributed by atoms with Gasteiger partial charge in [0.1, 0.15) is 24.4 Å². The maximum atomic E-state index is 10.6. The van der Waals surface area contributed by atoms with Gasteiger partial charge < -0.3 is 29.5 Å². The molecule has 2 aromatic rings. The first-order valence-corrected chi connectivity index (χ1v) is 8.38. The van der Waals surface area contributed by atoms with Gasteiger partial charge in [-0.25, -0.2) is 0 Å². The van der Waals surface area contributed by atoms with E-state index in [4.69, 9.17) is 17.0 Å². The molecule has 3 rings (SSSR count). The molecule has 0 bridgehead atoms. The van der Waals surface area contributed by atoms with Crippen LogP contribution in [0.15, 0.2) is 60.7 Å². The predicted molar refractivity (Wildman–Crippen MR) is 94.0 cm³/mol. The van der Waals surface area contributed by atoms with Crippen molar-refractivity contribution in [1.82, 2.24) is 0 Å². The fourth-order valence-electron chi connectivity index (χ4n) is 2.67. The minimum Gasteiger partial charge on any atom is -0.387 e. The summed E-state index contributed by atoms with van der Waals surface area (Å²) in [6.07, 6.45) is -6.75. The largest absolute Gasteiger partial charge is 0.387 e. The molecule has 3 N–H and O–H groups in total. The van der Waals surface area contributed by atoms with Crippen LogP contribution in [0.3, 0.4) is 0 Å². The molecule has 1 fully saturated rings. The Bertz CT molecular complexity index is 719. The molecule has 0 aromatic heterocycles. The lowest BCUT2D eigenvalue weighted by Crippen LogP contribution is -2.59. The van der Waals surface area contributed by atoms with E-state index in [1.165, 1.54) is 0 Å². The van der Waals surface area contributed by atoms with E-state index in [2.05, 4.69) is 0 Å². The molecule has 140 valence electrons. The summed E-state index contributed by atoms with van der Waals surface area (Å²) >= 11 is 0. The second kappa shape index (κ2) is 9.23. The van der Waals surface area contributed by atoms with Gasteiger partial charge in [0.2, 0.25) is 0 Å². The highest BCUT2D eigenvalue weighted by molar-refractivity contribution is 5.14. The summed E-state index contributed by atoms with van der Waals surface area (Å²) in [5.41, 5.74) is 1.18. The molecule has 6 heteroatoms. The average Bonchev–Trinajstić information content (AvgIpc) is 2.73. The minimum atomic E-state index is -1.61. The van der Waals surface area contributed by atoms with Crippen molar-refractivity contribution < 1.29 is 32.3 Å². The molecular formula is C20H24O6. The van der Waals surface area contributed by atoms with Gasteiger partial charge in [-0.15, -0.1) is 0 Å². The van der Waals surface area contributed by atoms with Gasteiger partial charge in [-0.2, -0.15) is 0 Å². The van der Waals surface area contributed by atoms with E-state index >= 15 is 0 Å². The minimum absolute atomic E-state index is 0.193. The summed E-state index contributed by atoms with van der Waals surface area (Å²) in [7, 11) is 0. The van der Waals surface area contributed by atoms with Crippen molar-refractivity contribution in [2.75, 3.05) is 6.61 Å². The molecule has 3 unspecified atom stereocenters. The van der Waals surface area contributed by atoms with Crippen LogP contribution in [-0.2, 0) is 27.4 Å². The summed E-state index contributed by atoms with van der Waals surface area (Å²) in [5.74, 6) is 0. The fourth-order valence-corrected chi connectivity index (χ4v) is 2.67. The lowest BCUT2D eigenvalue weighted by atomic mass is 9.99. The molecule has 6 nitrogen and oxygen atoms in total. The third-order valence-corrected chi connectivity index (χ3v) is 4.10. The summed E-state index contributed by atoms with van der Waals surface area (Å²) in [5, 5.41) is 30.7. The van der Waals surface area contributed by atoms with Crippen LogP contribution < -0.4 is 0 Å². The fraction of sp³-hybridized carbons (Fsp3) is 0.400. The molecule has 1 saturated heterocycles. The van der Waals surface area contributed by atoms with Gasteiger partial charge >= 0.3 is 0 Å². The number of aliphatic hydroxyl groups excluding tert-OH is 3. The van der Waals surface area contributed by atoms with Crippen molar-refractivity contribution in [2.45, 2.75) is 43.9 Å². The third-order valence-electron chi connectivity index (χ3n) is 4.10. The van der Waals surface area contributed by atoms with Crippen LogP contribution in [0.2, 0.25) is 0 Å². The smallest absolute Gasteiger partial charge is 0.184 e. The Kier molecular flexibility index (Phi) is 5.81. The van der Waals surface area contributed by atoms with Gasteiger partial charge in [0.05, 0.1) is 22.5 Å². The average molecular weight is 362 g/mol. The summed E-state index contributed by atoms with van der Waals surface area (Å²) in [6, 6.07) is 17.6. The van der Waals surface area contributed by atoms with E-state index in [-0.39, 0.29) is 6.61 Å². The Hall–Kier alpha value is -1.80. The maximum Gasteiger partial charge on any atom is 0.184 e. The molecule has 1 aliphatic heterocycles. The normalized spacial score (nSPS) is 32.3. The van der Waals surface area contributed by atoms with Crippen LogP contribution in [0.4, 0.5) is 0 Å². The highest BCUT2D eigenvalue weighted by Crippen LogP contribution is 2.24. The highest BCUT2D eigenvalue weighted by Gasteiger charge is 2.44. The first kappa shape index (κ1) is 16.4. The maximum absolute atomic E-state index is 10.6. The summed E-state index contributed by atoms with van der Waals surface area (Å²) in [6.45, 7) is -2.34. The van der Waals surface area contributed by atoms with Gasteiger partial charge in [-0.05, 0) is 11.1 Å². The Labute approximate surface area is 155 Å². The molecule has 26 heavy (non-hydrogen) atoms. The molecule has 2 aromatic carbocycles. The molecule has 0 spiro atoms. The Morgan fingerprint density at radius 3 is 2.04 bits per heavy atom. The van der Waals surface area contributed by atoms with Gasteiger partial charge in [0.15, 0.2) is 6.29 Å². The number of hydrogen-bond donors (Lipinski definition) is 3. The quantitative estimate of drug-likeness (QED) is 0.687. The van der Waals surface area contributed by atoms with Gasteiger partial charge in [-0.3, -0.25) is 0 Å². The molecule has 7 atom stereocenters. The van der Waals surface area contributed by atoms with Gasteiger partial charge in [0.25, 0.3) is 0 Å². The topological polar surface area (TPSA) is 88.4 Å². The monoisotopic (exact) mass is 362 g/mol. The van der Waals surface area contributed by atoms with Crippen molar-refractivity contribution in [3.05, 3.63) is 71.8 Å². The number of benzene rings is 2. The lowest BCUT2D eigenvalue weighted by Gasteiger charge is -2.40. The molecule has 0 amide bonds. The van der Waals surface area contributed by atoms with Gasteiger partial charge in [0, 0.05) is 0 Å². The van der Waals surface area contributed by atoms with E-state index in [1.807, 2.05) is 6.07 Å². The number of rotatable bonds is 7. The van der Waals surface area contributed by atoms with E-state index in [0.29, 0.717) is 11.1 Å². The van der Waals surface area contributed by atoms with Gasteiger partial charge in [-0.1, -0.05) is 60.7 Å². The Morgan fingerprint density at radius 1 is 0.846 bits per heavy atom. The van der Waals surface area contributed by atoms with E-state index in [9.17, 15) is 15.3 Å². The zero-order chi connectivity index (χ0) is 20.1. The molecule has 0 aliphatic carbocycles. The number of ether oxygens (including phenoxy) is 3. The lowest BCUT2D eigenvalue weighted by molar-refractivity contribution is -0.298.